The van der Waals surface area contributed by atoms with Crippen LogP contribution in [0.1, 0.15) is 42.6 Å². The molecule has 3 heterocycles. The highest BCUT2D eigenvalue weighted by Gasteiger charge is 2.39. The first kappa shape index (κ1) is 17.7. The lowest BCUT2D eigenvalue weighted by Gasteiger charge is -2.35. The summed E-state index contributed by atoms with van der Waals surface area (Å²) in [5.41, 5.74) is 4.37. The van der Waals surface area contributed by atoms with Crippen molar-refractivity contribution in [3.63, 3.8) is 0 Å². The molecule has 1 aliphatic heterocycles. The van der Waals surface area contributed by atoms with Crippen LogP contribution in [0.2, 0.25) is 0 Å². The van der Waals surface area contributed by atoms with Crippen LogP contribution in [0.15, 0.2) is 23.0 Å². The molecule has 1 aromatic carbocycles. The smallest absolute Gasteiger partial charge is 0.234 e. The number of likely N-dealkylation sites (tertiary alicyclic amines) is 1. The van der Waals surface area contributed by atoms with Gasteiger partial charge in [0.15, 0.2) is 5.82 Å². The van der Waals surface area contributed by atoms with Crippen LogP contribution < -0.4 is 0 Å². The molecule has 0 bridgehead atoms. The predicted molar refractivity (Wildman–Crippen MR) is 101 cm³/mol. The molecule has 1 unspecified atom stereocenters. The van der Waals surface area contributed by atoms with Crippen LogP contribution in [0.5, 0.6) is 0 Å². The molecule has 1 amide bonds. The van der Waals surface area contributed by atoms with Crippen LogP contribution in [-0.2, 0) is 23.2 Å². The van der Waals surface area contributed by atoms with Gasteiger partial charge in [-0.2, -0.15) is 4.98 Å². The zero-order valence-electron chi connectivity index (χ0n) is 16.3. The van der Waals surface area contributed by atoms with E-state index in [2.05, 4.69) is 52.6 Å². The van der Waals surface area contributed by atoms with Gasteiger partial charge in [0.1, 0.15) is 0 Å². The molecule has 0 radical (unpaired) electrons. The summed E-state index contributed by atoms with van der Waals surface area (Å²) in [7, 11) is 1.82. The number of nitrogens with zero attached hydrogens (tertiary/aromatic N) is 5. The average molecular weight is 367 g/mol. The molecule has 0 aliphatic carbocycles. The topological polar surface area (TPSA) is 77.0 Å². The summed E-state index contributed by atoms with van der Waals surface area (Å²) >= 11 is 0. The van der Waals surface area contributed by atoms with Crippen molar-refractivity contribution < 1.29 is 9.32 Å². The minimum atomic E-state index is -0.274. The van der Waals surface area contributed by atoms with E-state index in [1.54, 1.807) is 4.90 Å². The van der Waals surface area contributed by atoms with Crippen LogP contribution in [0.3, 0.4) is 0 Å². The number of rotatable bonds is 4. The Labute approximate surface area is 158 Å². The van der Waals surface area contributed by atoms with Gasteiger partial charge in [0.2, 0.25) is 11.8 Å². The number of hydrogen-bond acceptors (Lipinski definition) is 5. The van der Waals surface area contributed by atoms with E-state index in [4.69, 9.17) is 4.52 Å². The number of carbonyl (C=O) groups excluding carboxylic acids is 1. The SMILES string of the molecule is Cc1cc2ncn(CCc3noc(C4(C)CCC(=O)N(C)C4)n3)c2cc1C. The van der Waals surface area contributed by atoms with Gasteiger partial charge < -0.3 is 14.0 Å². The van der Waals surface area contributed by atoms with Gasteiger partial charge in [-0.3, -0.25) is 4.79 Å². The fraction of sp³-hybridized carbons (Fsp3) is 0.500. The first-order valence-corrected chi connectivity index (χ1v) is 9.35. The monoisotopic (exact) mass is 367 g/mol. The molecule has 142 valence electrons. The molecule has 0 N–H and O–H groups in total. The summed E-state index contributed by atoms with van der Waals surface area (Å²) in [5, 5.41) is 4.17. The molecule has 1 saturated heterocycles. The van der Waals surface area contributed by atoms with Gasteiger partial charge in [-0.25, -0.2) is 4.98 Å². The van der Waals surface area contributed by atoms with Crippen molar-refractivity contribution in [2.24, 2.45) is 0 Å². The molecule has 1 atom stereocenters. The minimum Gasteiger partial charge on any atom is -0.345 e. The maximum absolute atomic E-state index is 11.8. The van der Waals surface area contributed by atoms with Crippen LogP contribution in [0.25, 0.3) is 11.0 Å². The summed E-state index contributed by atoms with van der Waals surface area (Å²) in [6.07, 6.45) is 3.80. The van der Waals surface area contributed by atoms with Gasteiger partial charge in [0.05, 0.1) is 22.8 Å². The Kier molecular flexibility index (Phi) is 4.25. The van der Waals surface area contributed by atoms with E-state index in [-0.39, 0.29) is 11.3 Å². The number of amides is 1. The van der Waals surface area contributed by atoms with E-state index < -0.39 is 0 Å². The minimum absolute atomic E-state index is 0.171. The third kappa shape index (κ3) is 3.22. The van der Waals surface area contributed by atoms with Crippen molar-refractivity contribution in [1.29, 1.82) is 0 Å². The maximum atomic E-state index is 11.8. The fourth-order valence-corrected chi connectivity index (χ4v) is 3.75. The summed E-state index contributed by atoms with van der Waals surface area (Å²) in [6.45, 7) is 7.66. The zero-order valence-corrected chi connectivity index (χ0v) is 16.3. The van der Waals surface area contributed by atoms with Gasteiger partial charge in [0.25, 0.3) is 0 Å². The molecular weight excluding hydrogens is 342 g/mol. The number of aryl methyl sites for hydroxylation is 4. The highest BCUT2D eigenvalue weighted by Crippen LogP contribution is 2.32. The second kappa shape index (κ2) is 6.48. The largest absolute Gasteiger partial charge is 0.345 e. The van der Waals surface area contributed by atoms with Gasteiger partial charge in [-0.05, 0) is 50.5 Å². The second-order valence-electron chi connectivity index (χ2n) is 7.94. The highest BCUT2D eigenvalue weighted by molar-refractivity contribution is 5.77. The van der Waals surface area contributed by atoms with E-state index in [0.29, 0.717) is 31.1 Å². The predicted octanol–water partition coefficient (Wildman–Crippen LogP) is 2.79. The van der Waals surface area contributed by atoms with E-state index in [0.717, 1.165) is 24.0 Å². The third-order valence-electron chi connectivity index (χ3n) is 5.70. The van der Waals surface area contributed by atoms with Crippen molar-refractivity contribution >= 4 is 16.9 Å². The molecule has 3 aromatic rings. The van der Waals surface area contributed by atoms with E-state index in [9.17, 15) is 4.79 Å². The second-order valence-corrected chi connectivity index (χ2v) is 7.94. The quantitative estimate of drug-likeness (QED) is 0.709. The summed E-state index contributed by atoms with van der Waals surface area (Å²) < 4.78 is 7.69. The Bertz CT molecular complexity index is 1010. The summed E-state index contributed by atoms with van der Waals surface area (Å²) in [5.74, 6) is 1.49. The normalized spacial score (nSPS) is 20.6. The molecular formula is C20H25N5O2. The number of benzene rings is 1. The average Bonchev–Trinajstić information content (AvgIpc) is 3.25. The molecule has 2 aromatic heterocycles. The van der Waals surface area contributed by atoms with Crippen LogP contribution in [0, 0.1) is 13.8 Å². The van der Waals surface area contributed by atoms with Crippen molar-refractivity contribution in [2.45, 2.75) is 52.0 Å². The lowest BCUT2D eigenvalue weighted by Crippen LogP contribution is -2.45. The van der Waals surface area contributed by atoms with Crippen molar-refractivity contribution in [3.8, 4) is 0 Å². The molecule has 1 aliphatic rings. The van der Waals surface area contributed by atoms with E-state index in [1.165, 1.54) is 11.1 Å². The molecule has 7 nitrogen and oxygen atoms in total. The summed E-state index contributed by atoms with van der Waals surface area (Å²) in [4.78, 5) is 22.6. The molecule has 0 spiro atoms. The third-order valence-corrected chi connectivity index (χ3v) is 5.70. The molecule has 0 saturated carbocycles. The lowest BCUT2D eigenvalue weighted by atomic mass is 9.81. The van der Waals surface area contributed by atoms with E-state index in [1.807, 2.05) is 13.4 Å². The Balaban J connectivity index is 1.49. The van der Waals surface area contributed by atoms with Gasteiger partial charge in [-0.1, -0.05) is 5.16 Å². The Morgan fingerprint density at radius 3 is 2.81 bits per heavy atom. The highest BCUT2D eigenvalue weighted by atomic mass is 16.5. The van der Waals surface area contributed by atoms with Crippen molar-refractivity contribution in [3.05, 3.63) is 41.3 Å². The number of piperidine rings is 1. The Morgan fingerprint density at radius 1 is 1.26 bits per heavy atom. The lowest BCUT2D eigenvalue weighted by molar-refractivity contribution is -0.134. The molecule has 4 rings (SSSR count). The van der Waals surface area contributed by atoms with Crippen molar-refractivity contribution in [2.75, 3.05) is 13.6 Å². The van der Waals surface area contributed by atoms with E-state index >= 15 is 0 Å². The number of carbonyl (C=O) groups is 1. The number of hydrogen-bond donors (Lipinski definition) is 0. The number of fused-ring (bicyclic) bond motifs is 1. The summed E-state index contributed by atoms with van der Waals surface area (Å²) in [6, 6.07) is 4.30. The number of aromatic nitrogens is 4. The number of likely N-dealkylation sites (N-methyl/N-ethyl adjacent to an activating group) is 1. The van der Waals surface area contributed by atoms with Crippen LogP contribution in [0.4, 0.5) is 0 Å². The Morgan fingerprint density at radius 2 is 2.04 bits per heavy atom. The molecule has 1 fully saturated rings. The van der Waals surface area contributed by atoms with Crippen molar-refractivity contribution in [1.82, 2.24) is 24.6 Å². The van der Waals surface area contributed by atoms with Gasteiger partial charge >= 0.3 is 0 Å². The van der Waals surface area contributed by atoms with Gasteiger partial charge in [0, 0.05) is 33.0 Å². The molecule has 27 heavy (non-hydrogen) atoms. The molecule has 7 heteroatoms. The maximum Gasteiger partial charge on any atom is 0.234 e. The van der Waals surface area contributed by atoms with Crippen LogP contribution >= 0.6 is 0 Å². The standard InChI is InChI=1S/C20H25N5O2/c1-13-9-15-16(10-14(13)2)25(12-21-15)8-6-17-22-19(27-23-17)20(3)7-5-18(26)24(4)11-20/h9-10,12H,5-8,11H2,1-4H3. The first-order valence-electron chi connectivity index (χ1n) is 9.35. The first-order chi connectivity index (χ1) is 12.9. The fourth-order valence-electron chi connectivity index (χ4n) is 3.75. The van der Waals surface area contributed by atoms with Gasteiger partial charge in [-0.15, -0.1) is 0 Å². The number of imidazole rings is 1. The van der Waals surface area contributed by atoms with Crippen LogP contribution in [-0.4, -0.2) is 44.1 Å². The zero-order chi connectivity index (χ0) is 19.2. The Hall–Kier alpha value is -2.70.